The van der Waals surface area contributed by atoms with Crippen LogP contribution in [0.5, 0.6) is 17.2 Å². The van der Waals surface area contributed by atoms with Crippen molar-refractivity contribution < 1.29 is 32.2 Å². The van der Waals surface area contributed by atoms with Crippen LogP contribution >= 0.6 is 0 Å². The van der Waals surface area contributed by atoms with E-state index < -0.39 is 16.0 Å². The number of anilines is 1. The van der Waals surface area contributed by atoms with E-state index in [0.29, 0.717) is 28.5 Å². The summed E-state index contributed by atoms with van der Waals surface area (Å²) in [4.78, 5) is 12.5. The SMILES string of the molecule is COc1ccc(OC)c(COC(=O)c2ccc(S(=O)(=O)N(C)c3ccccc3OC)cc2)c1. The Morgan fingerprint density at radius 1 is 0.848 bits per heavy atom. The molecule has 0 unspecified atom stereocenters. The number of sulfonamides is 1. The minimum atomic E-state index is -3.87. The number of nitrogens with zero attached hydrogens (tertiary/aromatic N) is 1. The molecular formula is C24H25NO7S. The van der Waals surface area contributed by atoms with Gasteiger partial charge in [0.05, 0.1) is 37.5 Å². The fourth-order valence-corrected chi connectivity index (χ4v) is 4.37. The van der Waals surface area contributed by atoms with Gasteiger partial charge in [-0.3, -0.25) is 4.31 Å². The molecule has 9 heteroatoms. The number of ether oxygens (including phenoxy) is 4. The van der Waals surface area contributed by atoms with E-state index >= 15 is 0 Å². The van der Waals surface area contributed by atoms with Crippen LogP contribution < -0.4 is 18.5 Å². The minimum absolute atomic E-state index is 0.0296. The van der Waals surface area contributed by atoms with E-state index in [9.17, 15) is 13.2 Å². The van der Waals surface area contributed by atoms with Gasteiger partial charge in [0.25, 0.3) is 10.0 Å². The molecule has 0 N–H and O–H groups in total. The molecule has 0 saturated heterocycles. The lowest BCUT2D eigenvalue weighted by atomic mass is 10.2. The quantitative estimate of drug-likeness (QED) is 0.437. The highest BCUT2D eigenvalue weighted by Gasteiger charge is 2.24. The summed E-state index contributed by atoms with van der Waals surface area (Å²) in [6.07, 6.45) is 0. The lowest BCUT2D eigenvalue weighted by molar-refractivity contribution is 0.0469. The maximum Gasteiger partial charge on any atom is 0.338 e. The van der Waals surface area contributed by atoms with Crippen molar-refractivity contribution >= 4 is 21.7 Å². The average Bonchev–Trinajstić information content (AvgIpc) is 2.86. The molecule has 0 radical (unpaired) electrons. The highest BCUT2D eigenvalue weighted by Crippen LogP contribution is 2.31. The van der Waals surface area contributed by atoms with Gasteiger partial charge in [0, 0.05) is 12.6 Å². The fraction of sp³-hybridized carbons (Fsp3) is 0.208. The summed E-state index contributed by atoms with van der Waals surface area (Å²) in [5.74, 6) is 0.999. The van der Waals surface area contributed by atoms with Crippen LogP contribution in [0.2, 0.25) is 0 Å². The molecule has 0 aliphatic heterocycles. The molecule has 3 aromatic carbocycles. The van der Waals surface area contributed by atoms with Crippen molar-refractivity contribution in [3.8, 4) is 17.2 Å². The predicted octanol–water partition coefficient (Wildman–Crippen LogP) is 3.89. The summed E-state index contributed by atoms with van der Waals surface area (Å²) < 4.78 is 48.3. The maximum absolute atomic E-state index is 13.1. The number of hydrogen-bond acceptors (Lipinski definition) is 7. The first kappa shape index (κ1) is 23.9. The number of methoxy groups -OCH3 is 3. The number of para-hydroxylation sites is 2. The first-order valence-corrected chi connectivity index (χ1v) is 11.4. The number of hydrogen-bond donors (Lipinski definition) is 0. The molecule has 174 valence electrons. The monoisotopic (exact) mass is 471 g/mol. The Morgan fingerprint density at radius 2 is 1.52 bits per heavy atom. The van der Waals surface area contributed by atoms with Crippen molar-refractivity contribution in [3.63, 3.8) is 0 Å². The molecule has 0 fully saturated rings. The second-order valence-electron chi connectivity index (χ2n) is 6.92. The number of carbonyl (C=O) groups is 1. The van der Waals surface area contributed by atoms with Crippen LogP contribution in [0.3, 0.4) is 0 Å². The number of rotatable bonds is 9. The number of benzene rings is 3. The third-order valence-corrected chi connectivity index (χ3v) is 6.80. The molecule has 0 aliphatic rings. The molecule has 0 aliphatic carbocycles. The van der Waals surface area contributed by atoms with E-state index in [4.69, 9.17) is 18.9 Å². The zero-order valence-corrected chi connectivity index (χ0v) is 19.6. The molecule has 0 spiro atoms. The minimum Gasteiger partial charge on any atom is -0.497 e. The van der Waals surface area contributed by atoms with Crippen molar-refractivity contribution in [1.29, 1.82) is 0 Å². The lowest BCUT2D eigenvalue weighted by Gasteiger charge is -2.21. The van der Waals surface area contributed by atoms with Gasteiger partial charge in [0.15, 0.2) is 0 Å². The van der Waals surface area contributed by atoms with E-state index in [-0.39, 0.29) is 17.1 Å². The first-order valence-electron chi connectivity index (χ1n) is 9.92. The summed E-state index contributed by atoms with van der Waals surface area (Å²) in [7, 11) is 2.11. The highest BCUT2D eigenvalue weighted by molar-refractivity contribution is 7.92. The Labute approximate surface area is 193 Å². The maximum atomic E-state index is 13.1. The normalized spacial score (nSPS) is 10.9. The zero-order valence-electron chi connectivity index (χ0n) is 18.8. The van der Waals surface area contributed by atoms with E-state index in [0.717, 1.165) is 4.31 Å². The van der Waals surface area contributed by atoms with Crippen LogP contribution in [0, 0.1) is 0 Å². The molecule has 8 nitrogen and oxygen atoms in total. The van der Waals surface area contributed by atoms with Gasteiger partial charge >= 0.3 is 5.97 Å². The largest absolute Gasteiger partial charge is 0.497 e. The summed E-state index contributed by atoms with van der Waals surface area (Å²) >= 11 is 0. The summed E-state index contributed by atoms with van der Waals surface area (Å²) in [5, 5.41) is 0. The van der Waals surface area contributed by atoms with Crippen molar-refractivity contribution in [1.82, 2.24) is 0 Å². The van der Waals surface area contributed by atoms with Crippen LogP contribution in [0.1, 0.15) is 15.9 Å². The number of esters is 1. The van der Waals surface area contributed by atoms with Gasteiger partial charge in [-0.2, -0.15) is 0 Å². The van der Waals surface area contributed by atoms with Gasteiger partial charge in [0.2, 0.25) is 0 Å². The van der Waals surface area contributed by atoms with Crippen molar-refractivity contribution in [2.45, 2.75) is 11.5 Å². The average molecular weight is 472 g/mol. The van der Waals surface area contributed by atoms with E-state index in [2.05, 4.69) is 0 Å². The van der Waals surface area contributed by atoms with Gasteiger partial charge in [-0.05, 0) is 54.6 Å². The Bertz CT molecular complexity index is 1220. The molecule has 0 amide bonds. The summed E-state index contributed by atoms with van der Waals surface area (Å²) in [5.41, 5.74) is 1.26. The van der Waals surface area contributed by atoms with Crippen LogP contribution in [0.25, 0.3) is 0 Å². The van der Waals surface area contributed by atoms with Gasteiger partial charge in [0.1, 0.15) is 23.9 Å². The molecule has 0 aromatic heterocycles. The Kier molecular flexibility index (Phi) is 7.44. The molecule has 0 bridgehead atoms. The van der Waals surface area contributed by atoms with Crippen LogP contribution in [0.15, 0.2) is 71.6 Å². The van der Waals surface area contributed by atoms with E-state index in [1.807, 2.05) is 0 Å². The molecule has 33 heavy (non-hydrogen) atoms. The smallest absolute Gasteiger partial charge is 0.338 e. The van der Waals surface area contributed by atoms with Crippen LogP contribution in [-0.4, -0.2) is 42.8 Å². The fourth-order valence-electron chi connectivity index (χ4n) is 3.16. The van der Waals surface area contributed by atoms with E-state index in [1.165, 1.54) is 45.5 Å². The van der Waals surface area contributed by atoms with Crippen LogP contribution in [0.4, 0.5) is 5.69 Å². The Hall–Kier alpha value is -3.72. The zero-order chi connectivity index (χ0) is 24.0. The number of carbonyl (C=O) groups excluding carboxylic acids is 1. The topological polar surface area (TPSA) is 91.4 Å². The van der Waals surface area contributed by atoms with Gasteiger partial charge in [-0.15, -0.1) is 0 Å². The molecular weight excluding hydrogens is 446 g/mol. The van der Waals surface area contributed by atoms with Crippen molar-refractivity contribution in [2.24, 2.45) is 0 Å². The van der Waals surface area contributed by atoms with Gasteiger partial charge in [-0.1, -0.05) is 12.1 Å². The second kappa shape index (κ2) is 10.3. The summed E-state index contributed by atoms with van der Waals surface area (Å²) in [6.45, 7) is -0.0319. The Morgan fingerprint density at radius 3 is 2.15 bits per heavy atom. The molecule has 0 atom stereocenters. The highest BCUT2D eigenvalue weighted by atomic mass is 32.2. The first-order chi connectivity index (χ1) is 15.8. The molecule has 0 heterocycles. The van der Waals surface area contributed by atoms with Crippen molar-refractivity contribution in [3.05, 3.63) is 77.9 Å². The Balaban J connectivity index is 1.75. The van der Waals surface area contributed by atoms with Crippen LogP contribution in [-0.2, 0) is 21.4 Å². The van der Waals surface area contributed by atoms with Crippen molar-refractivity contribution in [2.75, 3.05) is 32.7 Å². The standard InChI is InChI=1S/C24H25NO7S/c1-25(21-7-5-6-8-23(21)31-4)33(27,28)20-12-9-17(10-13-20)24(26)32-16-18-15-19(29-2)11-14-22(18)30-3/h5-15H,16H2,1-4H3. The predicted molar refractivity (Wildman–Crippen MR) is 124 cm³/mol. The van der Waals surface area contributed by atoms with Gasteiger partial charge < -0.3 is 18.9 Å². The third-order valence-electron chi connectivity index (χ3n) is 5.02. The lowest BCUT2D eigenvalue weighted by Crippen LogP contribution is -2.27. The molecule has 0 saturated carbocycles. The second-order valence-corrected chi connectivity index (χ2v) is 8.89. The third kappa shape index (κ3) is 5.20. The molecule has 3 aromatic rings. The van der Waals surface area contributed by atoms with E-state index in [1.54, 1.807) is 49.6 Å². The van der Waals surface area contributed by atoms with Gasteiger partial charge in [-0.25, -0.2) is 13.2 Å². The molecule has 3 rings (SSSR count). The summed E-state index contributed by atoms with van der Waals surface area (Å²) in [6, 6.07) is 17.5.